The standard InChI is InChI=1S/C14H18O4/c1-5-18-14(15)10(2)8-11-6-7-12(16-3)13(9-11)17-4/h6-9H,5H2,1-4H3. The Bertz CT molecular complexity index is 449. The summed E-state index contributed by atoms with van der Waals surface area (Å²) in [7, 11) is 3.15. The van der Waals surface area contributed by atoms with Gasteiger partial charge in [0, 0.05) is 5.57 Å². The van der Waals surface area contributed by atoms with Crippen molar-refractivity contribution in [2.45, 2.75) is 13.8 Å². The molecule has 0 unspecified atom stereocenters. The van der Waals surface area contributed by atoms with Gasteiger partial charge in [-0.15, -0.1) is 0 Å². The van der Waals surface area contributed by atoms with Crippen LogP contribution < -0.4 is 9.47 Å². The van der Waals surface area contributed by atoms with E-state index in [1.807, 2.05) is 12.1 Å². The van der Waals surface area contributed by atoms with Crippen LogP contribution in [0.3, 0.4) is 0 Å². The molecule has 0 radical (unpaired) electrons. The quantitative estimate of drug-likeness (QED) is 0.595. The van der Waals surface area contributed by atoms with E-state index in [1.165, 1.54) is 0 Å². The summed E-state index contributed by atoms with van der Waals surface area (Å²) in [5, 5.41) is 0. The van der Waals surface area contributed by atoms with Crippen molar-refractivity contribution in [1.29, 1.82) is 0 Å². The molecule has 1 aromatic rings. The van der Waals surface area contributed by atoms with Crippen molar-refractivity contribution in [2.75, 3.05) is 20.8 Å². The molecule has 4 nitrogen and oxygen atoms in total. The Morgan fingerprint density at radius 3 is 2.44 bits per heavy atom. The fraction of sp³-hybridized carbons (Fsp3) is 0.357. The first-order chi connectivity index (χ1) is 8.62. The van der Waals surface area contributed by atoms with Crippen LogP contribution in [0.15, 0.2) is 23.8 Å². The van der Waals surface area contributed by atoms with Crippen LogP contribution in [0.2, 0.25) is 0 Å². The number of hydrogen-bond donors (Lipinski definition) is 0. The van der Waals surface area contributed by atoms with Gasteiger partial charge in [0.1, 0.15) is 0 Å². The van der Waals surface area contributed by atoms with Gasteiger partial charge < -0.3 is 14.2 Å². The molecular weight excluding hydrogens is 232 g/mol. The number of esters is 1. The van der Waals surface area contributed by atoms with Gasteiger partial charge >= 0.3 is 5.97 Å². The minimum Gasteiger partial charge on any atom is -0.493 e. The summed E-state index contributed by atoms with van der Waals surface area (Å²) in [6.45, 7) is 3.87. The van der Waals surface area contributed by atoms with Crippen molar-refractivity contribution < 1.29 is 19.0 Å². The smallest absolute Gasteiger partial charge is 0.333 e. The molecule has 0 N–H and O–H groups in total. The molecule has 0 aliphatic heterocycles. The number of methoxy groups -OCH3 is 2. The molecule has 0 aliphatic rings. The van der Waals surface area contributed by atoms with Gasteiger partial charge in [-0.25, -0.2) is 4.79 Å². The zero-order valence-electron chi connectivity index (χ0n) is 11.1. The summed E-state index contributed by atoms with van der Waals surface area (Å²) in [6, 6.07) is 5.45. The fourth-order valence-corrected chi connectivity index (χ4v) is 1.50. The monoisotopic (exact) mass is 250 g/mol. The molecule has 0 spiro atoms. The lowest BCUT2D eigenvalue weighted by molar-refractivity contribution is -0.138. The second-order valence-corrected chi connectivity index (χ2v) is 3.66. The first-order valence-corrected chi connectivity index (χ1v) is 5.69. The van der Waals surface area contributed by atoms with E-state index in [0.29, 0.717) is 23.7 Å². The van der Waals surface area contributed by atoms with E-state index >= 15 is 0 Å². The van der Waals surface area contributed by atoms with Crippen molar-refractivity contribution in [2.24, 2.45) is 0 Å². The molecule has 18 heavy (non-hydrogen) atoms. The molecular formula is C14H18O4. The molecule has 98 valence electrons. The van der Waals surface area contributed by atoms with Gasteiger partial charge in [0.2, 0.25) is 0 Å². The van der Waals surface area contributed by atoms with Gasteiger partial charge in [-0.1, -0.05) is 6.07 Å². The van der Waals surface area contributed by atoms with E-state index < -0.39 is 0 Å². The molecule has 0 saturated carbocycles. The maximum Gasteiger partial charge on any atom is 0.333 e. The number of ether oxygens (including phenoxy) is 3. The highest BCUT2D eigenvalue weighted by atomic mass is 16.5. The van der Waals surface area contributed by atoms with Gasteiger partial charge in [-0.05, 0) is 37.6 Å². The highest BCUT2D eigenvalue weighted by Crippen LogP contribution is 2.28. The first-order valence-electron chi connectivity index (χ1n) is 5.69. The van der Waals surface area contributed by atoms with Crippen molar-refractivity contribution in [3.05, 3.63) is 29.3 Å². The summed E-state index contributed by atoms with van der Waals surface area (Å²) in [4.78, 5) is 11.5. The van der Waals surface area contributed by atoms with Crippen molar-refractivity contribution >= 4 is 12.0 Å². The second kappa shape index (κ2) is 6.69. The maximum absolute atomic E-state index is 11.5. The molecule has 1 rings (SSSR count). The Balaban J connectivity index is 2.97. The molecule has 0 amide bonds. The summed E-state index contributed by atoms with van der Waals surface area (Å²) < 4.78 is 15.3. The highest BCUT2D eigenvalue weighted by Gasteiger charge is 2.07. The lowest BCUT2D eigenvalue weighted by Crippen LogP contribution is -2.04. The maximum atomic E-state index is 11.5. The van der Waals surface area contributed by atoms with Crippen molar-refractivity contribution in [3.8, 4) is 11.5 Å². The van der Waals surface area contributed by atoms with Crippen LogP contribution in [0, 0.1) is 0 Å². The predicted octanol–water partition coefficient (Wildman–Crippen LogP) is 2.67. The van der Waals surface area contributed by atoms with E-state index in [1.54, 1.807) is 40.2 Å². The van der Waals surface area contributed by atoms with E-state index in [2.05, 4.69) is 0 Å². The summed E-state index contributed by atoms with van der Waals surface area (Å²) >= 11 is 0. The predicted molar refractivity (Wildman–Crippen MR) is 69.8 cm³/mol. The van der Waals surface area contributed by atoms with Crippen LogP contribution in [-0.2, 0) is 9.53 Å². The average molecular weight is 250 g/mol. The molecule has 0 aromatic heterocycles. The summed E-state index contributed by atoms with van der Waals surface area (Å²) in [5.41, 5.74) is 1.40. The number of rotatable bonds is 5. The third kappa shape index (κ3) is 3.52. The van der Waals surface area contributed by atoms with Crippen molar-refractivity contribution in [1.82, 2.24) is 0 Å². The molecule has 4 heteroatoms. The van der Waals surface area contributed by atoms with Gasteiger partial charge in [0.15, 0.2) is 11.5 Å². The Kier molecular flexibility index (Phi) is 5.24. The Hall–Kier alpha value is -1.97. The third-order valence-electron chi connectivity index (χ3n) is 2.39. The number of hydrogen-bond acceptors (Lipinski definition) is 4. The number of carbonyl (C=O) groups is 1. The minimum absolute atomic E-state index is 0.313. The van der Waals surface area contributed by atoms with E-state index in [0.717, 1.165) is 5.56 Å². The lowest BCUT2D eigenvalue weighted by atomic mass is 10.1. The zero-order chi connectivity index (χ0) is 13.5. The van der Waals surface area contributed by atoms with Crippen LogP contribution in [-0.4, -0.2) is 26.8 Å². The van der Waals surface area contributed by atoms with Crippen LogP contribution in [0.5, 0.6) is 11.5 Å². The van der Waals surface area contributed by atoms with Gasteiger partial charge in [0.05, 0.1) is 20.8 Å². The van der Waals surface area contributed by atoms with E-state index in [4.69, 9.17) is 14.2 Å². The molecule has 0 fully saturated rings. The molecule has 0 saturated heterocycles. The van der Waals surface area contributed by atoms with Crippen LogP contribution in [0.25, 0.3) is 6.08 Å². The first kappa shape index (κ1) is 14.1. The Labute approximate surface area is 107 Å². The van der Waals surface area contributed by atoms with Crippen molar-refractivity contribution in [3.63, 3.8) is 0 Å². The van der Waals surface area contributed by atoms with Gasteiger partial charge in [-0.2, -0.15) is 0 Å². The number of carbonyl (C=O) groups excluding carboxylic acids is 1. The second-order valence-electron chi connectivity index (χ2n) is 3.66. The van der Waals surface area contributed by atoms with E-state index in [9.17, 15) is 4.79 Å². The zero-order valence-corrected chi connectivity index (χ0v) is 11.1. The van der Waals surface area contributed by atoms with E-state index in [-0.39, 0.29) is 5.97 Å². The lowest BCUT2D eigenvalue weighted by Gasteiger charge is -2.08. The van der Waals surface area contributed by atoms with Gasteiger partial charge in [-0.3, -0.25) is 0 Å². The molecule has 0 bridgehead atoms. The molecule has 0 heterocycles. The molecule has 0 atom stereocenters. The summed E-state index contributed by atoms with van der Waals surface area (Å²) in [6.07, 6.45) is 1.75. The topological polar surface area (TPSA) is 44.8 Å². The molecule has 0 aliphatic carbocycles. The number of benzene rings is 1. The van der Waals surface area contributed by atoms with Crippen LogP contribution >= 0.6 is 0 Å². The SMILES string of the molecule is CCOC(=O)C(C)=Cc1ccc(OC)c(OC)c1. The third-order valence-corrected chi connectivity index (χ3v) is 2.39. The van der Waals surface area contributed by atoms with Crippen LogP contribution in [0.1, 0.15) is 19.4 Å². The Morgan fingerprint density at radius 1 is 1.22 bits per heavy atom. The minimum atomic E-state index is -0.313. The Morgan fingerprint density at radius 2 is 1.89 bits per heavy atom. The summed E-state index contributed by atoms with van der Waals surface area (Å²) in [5.74, 6) is 0.971. The van der Waals surface area contributed by atoms with Gasteiger partial charge in [0.25, 0.3) is 0 Å². The molecule has 1 aromatic carbocycles. The van der Waals surface area contributed by atoms with Crippen LogP contribution in [0.4, 0.5) is 0 Å². The average Bonchev–Trinajstić information content (AvgIpc) is 2.38. The normalized spacial score (nSPS) is 11.0. The fourth-order valence-electron chi connectivity index (χ4n) is 1.50. The highest BCUT2D eigenvalue weighted by molar-refractivity contribution is 5.93. The largest absolute Gasteiger partial charge is 0.493 e.